The van der Waals surface area contributed by atoms with Gasteiger partial charge in [-0.2, -0.15) is 9.98 Å². The van der Waals surface area contributed by atoms with Crippen molar-refractivity contribution in [3.63, 3.8) is 0 Å². The summed E-state index contributed by atoms with van der Waals surface area (Å²) in [6.07, 6.45) is -0.606. The second kappa shape index (κ2) is 17.8. The number of hydrogen-bond acceptors (Lipinski definition) is 10. The van der Waals surface area contributed by atoms with Crippen molar-refractivity contribution in [3.8, 4) is 23.3 Å². The summed E-state index contributed by atoms with van der Waals surface area (Å²) >= 11 is 0.933. The Kier molecular flexibility index (Phi) is 12.2. The van der Waals surface area contributed by atoms with E-state index >= 15 is 0 Å². The molecule has 1 heterocycles. The lowest BCUT2D eigenvalue weighted by Crippen LogP contribution is -2.29. The molecule has 0 saturated heterocycles. The molecule has 0 aliphatic carbocycles. The van der Waals surface area contributed by atoms with Gasteiger partial charge in [-0.1, -0.05) is 72.8 Å². The first-order chi connectivity index (χ1) is 28.1. The zero-order valence-corrected chi connectivity index (χ0v) is 33.0. The van der Waals surface area contributed by atoms with E-state index in [1.54, 1.807) is 30.3 Å². The van der Waals surface area contributed by atoms with Crippen LogP contribution in [0.1, 0.15) is 26.3 Å². The van der Waals surface area contributed by atoms with Crippen LogP contribution in [-0.2, 0) is 14.6 Å². The van der Waals surface area contributed by atoms with Crippen molar-refractivity contribution in [2.45, 2.75) is 4.21 Å². The van der Waals surface area contributed by atoms with E-state index < -0.39 is 30.2 Å². The number of carbonyl (C=O) groups is 2. The fraction of sp³-hybridized carbons (Fsp3) is 0.119. The molecule has 58 heavy (non-hydrogen) atoms. The molecule has 0 radical (unpaired) electrons. The molecular weight excluding hydrogens is 803 g/mol. The van der Waals surface area contributed by atoms with Crippen molar-refractivity contribution in [1.29, 1.82) is 5.26 Å². The third-order valence-electron chi connectivity index (χ3n) is 8.84. The van der Waals surface area contributed by atoms with Crippen molar-refractivity contribution in [2.24, 2.45) is 0 Å². The van der Waals surface area contributed by atoms with Crippen LogP contribution in [-0.4, -0.2) is 52.8 Å². The fourth-order valence-electron chi connectivity index (χ4n) is 6.07. The Bertz CT molecular complexity index is 2720. The van der Waals surface area contributed by atoms with E-state index in [9.17, 15) is 27.0 Å². The number of sulfonamides is 1. The third kappa shape index (κ3) is 9.23. The zero-order valence-electron chi connectivity index (χ0n) is 30.4. The number of ether oxygens (including phenoxy) is 2. The van der Waals surface area contributed by atoms with Gasteiger partial charge in [0, 0.05) is 28.0 Å². The minimum atomic E-state index is -4.19. The number of thiophene rings is 1. The summed E-state index contributed by atoms with van der Waals surface area (Å²) in [5.41, 5.74) is 0.825. The maximum absolute atomic E-state index is 14.0. The van der Waals surface area contributed by atoms with Crippen LogP contribution in [0.2, 0.25) is 0 Å². The third-order valence-corrected chi connectivity index (χ3v) is 12.9. The van der Waals surface area contributed by atoms with E-state index in [0.29, 0.717) is 21.2 Å². The SMILES string of the molecule is N#Cc1ccc(O[P+](=O)CNS(=O)(=O)c2cc3cc(OCCNC(=O)c4cccc5ccccc45)c(OCCNC(=O)c4cccc5ccccc45)cc3s2)cc1F. The number of fused-ring (bicyclic) bond motifs is 3. The Morgan fingerprint density at radius 1 is 0.724 bits per heavy atom. The smallest absolute Gasteiger partial charge is 0.488 e. The molecule has 0 bridgehead atoms. The van der Waals surface area contributed by atoms with Crippen LogP contribution in [0.4, 0.5) is 4.39 Å². The van der Waals surface area contributed by atoms with Crippen LogP contribution < -0.4 is 29.4 Å². The molecule has 3 N–H and O–H groups in total. The molecule has 0 saturated carbocycles. The van der Waals surface area contributed by atoms with E-state index in [-0.39, 0.29) is 65.1 Å². The Morgan fingerprint density at radius 2 is 1.29 bits per heavy atom. The Labute approximate surface area is 337 Å². The van der Waals surface area contributed by atoms with Crippen LogP contribution in [0.15, 0.2) is 126 Å². The molecule has 7 rings (SSSR count). The van der Waals surface area contributed by atoms with E-state index in [1.807, 2.05) is 72.8 Å². The van der Waals surface area contributed by atoms with Crippen molar-refractivity contribution in [3.05, 3.63) is 144 Å². The lowest BCUT2D eigenvalue weighted by Gasteiger charge is -2.14. The van der Waals surface area contributed by atoms with Crippen LogP contribution in [0.3, 0.4) is 0 Å². The molecule has 16 heteroatoms. The summed E-state index contributed by atoms with van der Waals surface area (Å²) < 4.78 is 73.1. The summed E-state index contributed by atoms with van der Waals surface area (Å²) in [5.74, 6) is -0.987. The Balaban J connectivity index is 1.04. The van der Waals surface area contributed by atoms with Gasteiger partial charge in [-0.25, -0.2) is 12.8 Å². The number of nitrogens with one attached hydrogen (secondary N) is 3. The molecule has 0 fully saturated rings. The van der Waals surface area contributed by atoms with Gasteiger partial charge in [-0.05, 0) is 67.9 Å². The first-order valence-electron chi connectivity index (χ1n) is 17.8. The van der Waals surface area contributed by atoms with Gasteiger partial charge in [0.2, 0.25) is 0 Å². The zero-order chi connectivity index (χ0) is 40.6. The van der Waals surface area contributed by atoms with Gasteiger partial charge in [0.05, 0.1) is 18.7 Å². The molecule has 1 aromatic heterocycles. The lowest BCUT2D eigenvalue weighted by molar-refractivity contribution is 0.0938. The van der Waals surface area contributed by atoms with Gasteiger partial charge >= 0.3 is 8.03 Å². The molecule has 0 aliphatic rings. The molecule has 7 aromatic rings. The highest BCUT2D eigenvalue weighted by molar-refractivity contribution is 7.92. The molecule has 0 aliphatic heterocycles. The second-order valence-corrected chi connectivity index (χ2v) is 16.9. The van der Waals surface area contributed by atoms with Crippen LogP contribution in [0.5, 0.6) is 17.2 Å². The predicted octanol–water partition coefficient (Wildman–Crippen LogP) is 7.89. The van der Waals surface area contributed by atoms with Crippen molar-refractivity contribution >= 4 is 72.8 Å². The molecular formula is C42H33FN4O8PS2+. The summed E-state index contributed by atoms with van der Waals surface area (Å²) in [6.45, 7) is 0.376. The van der Waals surface area contributed by atoms with Crippen LogP contribution in [0.25, 0.3) is 31.6 Å². The van der Waals surface area contributed by atoms with E-state index in [4.69, 9.17) is 19.3 Å². The summed E-state index contributed by atoms with van der Waals surface area (Å²) in [7, 11) is -6.82. The molecule has 1 unspecified atom stereocenters. The average molecular weight is 836 g/mol. The number of rotatable bonds is 16. The number of hydrogen-bond donors (Lipinski definition) is 3. The van der Waals surface area contributed by atoms with Gasteiger partial charge in [0.15, 0.2) is 17.2 Å². The predicted molar refractivity (Wildman–Crippen MR) is 220 cm³/mol. The van der Waals surface area contributed by atoms with Crippen molar-refractivity contribution < 1.29 is 41.0 Å². The van der Waals surface area contributed by atoms with Crippen molar-refractivity contribution in [1.82, 2.24) is 15.4 Å². The number of nitriles is 1. The van der Waals surface area contributed by atoms with Gasteiger partial charge in [-0.15, -0.1) is 11.3 Å². The molecule has 1 atom stereocenters. The standard InChI is InChI=1S/C42H32FN4O8PS2/c43-36-23-31(16-15-29(36)25-44)55-56(50)26-47-58(51,52)40-22-30-21-37(53-19-17-45-41(48)34-13-5-9-27-7-1-3-11-32(27)34)38(24-39(30)57-40)54-20-18-46-42(49)35-14-6-10-28-8-2-4-12-33(28)35/h1-16,21-24,47H,17-20,26H2,(H-,45,46,48,49)/p+1. The number of benzene rings is 6. The molecule has 292 valence electrons. The Hall–Kier alpha value is -6.43. The van der Waals surface area contributed by atoms with Gasteiger partial charge in [0.25, 0.3) is 28.1 Å². The minimum absolute atomic E-state index is 0.0449. The maximum atomic E-state index is 14.0. The largest absolute Gasteiger partial charge is 0.573 e. The second-order valence-electron chi connectivity index (χ2n) is 12.6. The first-order valence-corrected chi connectivity index (χ1v) is 21.4. The highest BCUT2D eigenvalue weighted by Crippen LogP contribution is 2.38. The lowest BCUT2D eigenvalue weighted by atomic mass is 10.0. The van der Waals surface area contributed by atoms with Crippen LogP contribution in [0, 0.1) is 17.1 Å². The summed E-state index contributed by atoms with van der Waals surface area (Å²) in [5, 5.41) is 18.7. The van der Waals surface area contributed by atoms with Gasteiger partial charge in [0.1, 0.15) is 29.3 Å². The highest BCUT2D eigenvalue weighted by atomic mass is 32.2. The molecule has 2 amide bonds. The monoisotopic (exact) mass is 835 g/mol. The molecule has 12 nitrogen and oxygen atoms in total. The quantitative estimate of drug-likeness (QED) is 0.0647. The van der Waals surface area contributed by atoms with E-state index in [1.165, 1.54) is 12.1 Å². The number of halogens is 1. The number of carbonyl (C=O) groups excluding carboxylic acids is 2. The normalized spacial score (nSPS) is 11.6. The van der Waals surface area contributed by atoms with Gasteiger partial charge < -0.3 is 20.1 Å². The number of nitrogens with zero attached hydrogens (tertiary/aromatic N) is 1. The fourth-order valence-corrected chi connectivity index (χ4v) is 9.70. The molecule has 6 aromatic carbocycles. The topological polar surface area (TPSA) is 173 Å². The van der Waals surface area contributed by atoms with Gasteiger partial charge in [-0.3, -0.25) is 14.1 Å². The first kappa shape index (κ1) is 39.8. The highest BCUT2D eigenvalue weighted by Gasteiger charge is 2.27. The Morgan fingerprint density at radius 3 is 1.88 bits per heavy atom. The summed E-state index contributed by atoms with van der Waals surface area (Å²) in [6, 6.07) is 35.8. The van der Waals surface area contributed by atoms with Crippen LogP contribution >= 0.6 is 19.4 Å². The van der Waals surface area contributed by atoms with Crippen molar-refractivity contribution in [2.75, 3.05) is 32.6 Å². The average Bonchev–Trinajstić information content (AvgIpc) is 3.66. The molecule has 0 spiro atoms. The number of amides is 2. The van der Waals surface area contributed by atoms with E-state index in [2.05, 4.69) is 15.4 Å². The minimum Gasteiger partial charge on any atom is -0.488 e. The maximum Gasteiger partial charge on any atom is 0.573 e. The summed E-state index contributed by atoms with van der Waals surface area (Å²) in [4.78, 5) is 26.2. The van der Waals surface area contributed by atoms with E-state index in [0.717, 1.165) is 45.0 Å².